The Kier molecular flexibility index (Phi) is 8.36. The van der Waals surface area contributed by atoms with Gasteiger partial charge in [-0.3, -0.25) is 0 Å². The Morgan fingerprint density at radius 2 is 2.00 bits per heavy atom. The lowest BCUT2D eigenvalue weighted by molar-refractivity contribution is 0.0402. The molecule has 1 aromatic rings. The van der Waals surface area contributed by atoms with E-state index in [9.17, 15) is 13.5 Å². The molecular weight excluding hydrogens is 452 g/mol. The Balaban J connectivity index is 1.64. The lowest BCUT2D eigenvalue weighted by Gasteiger charge is -2.38. The summed E-state index contributed by atoms with van der Waals surface area (Å²) < 4.78 is 40.8. The average molecular weight is 493 g/mol. The van der Waals surface area contributed by atoms with Crippen molar-refractivity contribution >= 4 is 15.6 Å². The zero-order chi connectivity index (χ0) is 24.3. The van der Waals surface area contributed by atoms with Gasteiger partial charge < -0.3 is 19.5 Å². The van der Waals surface area contributed by atoms with Crippen LogP contribution < -0.4 is 4.74 Å². The summed E-state index contributed by atoms with van der Waals surface area (Å²) in [5.41, 5.74) is 2.29. The minimum atomic E-state index is -3.80. The zero-order valence-corrected chi connectivity index (χ0v) is 21.6. The van der Waals surface area contributed by atoms with Gasteiger partial charge in [-0.25, -0.2) is 8.42 Å². The van der Waals surface area contributed by atoms with Crippen molar-refractivity contribution in [3.8, 4) is 5.75 Å². The Labute approximate surface area is 204 Å². The van der Waals surface area contributed by atoms with Gasteiger partial charge in [0.1, 0.15) is 16.7 Å². The van der Waals surface area contributed by atoms with E-state index in [2.05, 4.69) is 18.0 Å². The van der Waals surface area contributed by atoms with E-state index < -0.39 is 16.1 Å². The smallest absolute Gasteiger partial charge is 0.247 e. The van der Waals surface area contributed by atoms with Gasteiger partial charge in [-0.05, 0) is 75.3 Å². The molecule has 4 rings (SSSR count). The number of nitrogens with zero attached hydrogens (tertiary/aromatic N) is 2. The predicted molar refractivity (Wildman–Crippen MR) is 133 cm³/mol. The van der Waals surface area contributed by atoms with Gasteiger partial charge in [0, 0.05) is 44.8 Å². The van der Waals surface area contributed by atoms with E-state index in [4.69, 9.17) is 9.47 Å². The van der Waals surface area contributed by atoms with Gasteiger partial charge in [-0.15, -0.1) is 0 Å². The molecule has 3 atom stereocenters. The van der Waals surface area contributed by atoms with Gasteiger partial charge in [0.15, 0.2) is 0 Å². The molecular formula is C26H40N2O5S. The molecule has 0 amide bonds. The van der Waals surface area contributed by atoms with Crippen molar-refractivity contribution in [1.82, 2.24) is 9.21 Å². The van der Waals surface area contributed by atoms with E-state index in [1.54, 1.807) is 13.0 Å². The Bertz CT molecular complexity index is 973. The highest BCUT2D eigenvalue weighted by atomic mass is 32.2. The van der Waals surface area contributed by atoms with Crippen LogP contribution in [0.3, 0.4) is 0 Å². The van der Waals surface area contributed by atoms with E-state index >= 15 is 0 Å². The van der Waals surface area contributed by atoms with Crippen LogP contribution in [-0.4, -0.2) is 81.4 Å². The summed E-state index contributed by atoms with van der Waals surface area (Å²) in [6.45, 7) is 7.24. The number of rotatable bonds is 7. The molecule has 2 heterocycles. The first-order valence-electron chi connectivity index (χ1n) is 12.7. The maximum atomic E-state index is 13.6. The maximum absolute atomic E-state index is 13.6. The Hall–Kier alpha value is -1.45. The number of benzene rings is 1. The van der Waals surface area contributed by atoms with E-state index in [0.29, 0.717) is 24.8 Å². The molecule has 7 nitrogen and oxygen atoms in total. The maximum Gasteiger partial charge on any atom is 0.247 e. The van der Waals surface area contributed by atoms with Gasteiger partial charge in [0.05, 0.1) is 6.61 Å². The quantitative estimate of drug-likeness (QED) is 0.629. The summed E-state index contributed by atoms with van der Waals surface area (Å²) in [6.07, 6.45) is 7.42. The number of hydrogen-bond acceptors (Lipinski definition) is 6. The van der Waals surface area contributed by atoms with Crippen molar-refractivity contribution in [2.75, 3.05) is 46.5 Å². The summed E-state index contributed by atoms with van der Waals surface area (Å²) in [6, 6.07) is 5.00. The van der Waals surface area contributed by atoms with Crippen LogP contribution >= 0.6 is 0 Å². The summed E-state index contributed by atoms with van der Waals surface area (Å²) in [5, 5.41) is 9.83. The number of hydrogen-bond donors (Lipinski definition) is 1. The lowest BCUT2D eigenvalue weighted by atomic mass is 9.98. The first kappa shape index (κ1) is 25.6. The zero-order valence-electron chi connectivity index (χ0n) is 20.8. The molecule has 0 spiro atoms. The number of aliphatic hydroxyl groups is 1. The average Bonchev–Trinajstić information content (AvgIpc) is 3.36. The minimum Gasteiger partial charge on any atom is -0.487 e. The SMILES string of the molecule is C[C@@H]1CN([C@@H](C)CO)S(=O)(=O)c2ccc(C3=CCCC3)cc2O[C@H]1CN(C)CC1CCOCC1. The van der Waals surface area contributed by atoms with Gasteiger partial charge in [0.2, 0.25) is 10.0 Å². The third-order valence-electron chi connectivity index (χ3n) is 7.48. The number of aliphatic hydroxyl groups excluding tert-OH is 1. The fraction of sp³-hybridized carbons (Fsp3) is 0.692. The fourth-order valence-electron chi connectivity index (χ4n) is 5.33. The molecule has 0 saturated carbocycles. The van der Waals surface area contributed by atoms with Crippen LogP contribution in [0.1, 0.15) is 51.5 Å². The number of likely N-dealkylation sites (N-methyl/N-ethyl adjacent to an activating group) is 1. The molecule has 3 aliphatic rings. The summed E-state index contributed by atoms with van der Waals surface area (Å²) in [7, 11) is -1.68. The minimum absolute atomic E-state index is 0.0385. The number of ether oxygens (including phenoxy) is 2. The Morgan fingerprint density at radius 3 is 2.68 bits per heavy atom. The molecule has 1 N–H and O–H groups in total. The highest BCUT2D eigenvalue weighted by Crippen LogP contribution is 2.37. The number of fused-ring (bicyclic) bond motifs is 1. The molecule has 1 fully saturated rings. The molecule has 0 unspecified atom stereocenters. The van der Waals surface area contributed by atoms with Crippen molar-refractivity contribution in [2.45, 2.75) is 63.0 Å². The molecule has 190 valence electrons. The van der Waals surface area contributed by atoms with Crippen molar-refractivity contribution in [3.63, 3.8) is 0 Å². The molecule has 34 heavy (non-hydrogen) atoms. The highest BCUT2D eigenvalue weighted by molar-refractivity contribution is 7.89. The molecule has 0 aromatic heterocycles. The van der Waals surface area contributed by atoms with Crippen LogP contribution in [0.5, 0.6) is 5.75 Å². The first-order chi connectivity index (χ1) is 16.3. The topological polar surface area (TPSA) is 79.3 Å². The number of sulfonamides is 1. The predicted octanol–water partition coefficient (Wildman–Crippen LogP) is 3.38. The standard InChI is InChI=1S/C26H40N2O5S/c1-19-15-28(20(2)18-29)34(30,31)26-9-8-23(22-6-4-5-7-22)14-24(26)33-25(19)17-27(3)16-21-10-12-32-13-11-21/h6,8-9,14,19-21,25,29H,4-5,7,10-13,15-18H2,1-3H3/t19-,20+,25+/m1/s1. The van der Waals surface area contributed by atoms with Crippen molar-refractivity contribution in [3.05, 3.63) is 29.8 Å². The summed E-state index contributed by atoms with van der Waals surface area (Å²) >= 11 is 0. The van der Waals surface area contributed by atoms with Gasteiger partial charge in [0.25, 0.3) is 0 Å². The van der Waals surface area contributed by atoms with Crippen LogP contribution in [-0.2, 0) is 14.8 Å². The summed E-state index contributed by atoms with van der Waals surface area (Å²) in [5.74, 6) is 1.00. The molecule has 8 heteroatoms. The van der Waals surface area contributed by atoms with Gasteiger partial charge in [-0.2, -0.15) is 4.31 Å². The number of allylic oxidation sites excluding steroid dienone is 2. The van der Waals surface area contributed by atoms with Crippen LogP contribution in [0.15, 0.2) is 29.2 Å². The third-order valence-corrected chi connectivity index (χ3v) is 9.50. The van der Waals surface area contributed by atoms with E-state index in [0.717, 1.165) is 57.4 Å². The third kappa shape index (κ3) is 5.68. The van der Waals surface area contributed by atoms with Crippen molar-refractivity contribution < 1.29 is 23.0 Å². The van der Waals surface area contributed by atoms with Crippen LogP contribution in [0, 0.1) is 11.8 Å². The monoisotopic (exact) mass is 492 g/mol. The van der Waals surface area contributed by atoms with E-state index in [-0.39, 0.29) is 23.5 Å². The molecule has 1 aliphatic carbocycles. The van der Waals surface area contributed by atoms with Gasteiger partial charge in [-0.1, -0.05) is 19.1 Å². The van der Waals surface area contributed by atoms with E-state index in [1.807, 2.05) is 19.1 Å². The van der Waals surface area contributed by atoms with E-state index in [1.165, 1.54) is 9.88 Å². The molecule has 1 saturated heterocycles. The normalized spacial score (nSPS) is 26.9. The lowest BCUT2D eigenvalue weighted by Crippen LogP contribution is -2.50. The molecule has 0 bridgehead atoms. The second-order valence-electron chi connectivity index (χ2n) is 10.3. The molecule has 1 aromatic carbocycles. The van der Waals surface area contributed by atoms with Crippen LogP contribution in [0.2, 0.25) is 0 Å². The molecule has 2 aliphatic heterocycles. The Morgan fingerprint density at radius 1 is 1.24 bits per heavy atom. The highest BCUT2D eigenvalue weighted by Gasteiger charge is 2.38. The second kappa shape index (κ2) is 11.1. The second-order valence-corrected chi connectivity index (χ2v) is 12.2. The van der Waals surface area contributed by atoms with Crippen molar-refractivity contribution in [1.29, 1.82) is 0 Å². The first-order valence-corrected chi connectivity index (χ1v) is 14.1. The van der Waals surface area contributed by atoms with Crippen LogP contribution in [0.25, 0.3) is 5.57 Å². The fourth-order valence-corrected chi connectivity index (χ4v) is 7.15. The van der Waals surface area contributed by atoms with Crippen LogP contribution in [0.4, 0.5) is 0 Å². The van der Waals surface area contributed by atoms with Crippen molar-refractivity contribution in [2.24, 2.45) is 11.8 Å². The van der Waals surface area contributed by atoms with Gasteiger partial charge >= 0.3 is 0 Å². The largest absolute Gasteiger partial charge is 0.487 e. The summed E-state index contributed by atoms with van der Waals surface area (Å²) in [4.78, 5) is 2.51. The molecule has 0 radical (unpaired) electrons.